The number of alkyl halides is 3. The van der Waals surface area contributed by atoms with Crippen LogP contribution in [0.15, 0.2) is 35.3 Å². The number of guanidine groups is 1. The van der Waals surface area contributed by atoms with Crippen LogP contribution in [0.2, 0.25) is 0 Å². The van der Waals surface area contributed by atoms with Gasteiger partial charge in [0, 0.05) is 32.1 Å². The van der Waals surface area contributed by atoms with Crippen LogP contribution in [0, 0.1) is 5.92 Å². The van der Waals surface area contributed by atoms with Crippen molar-refractivity contribution in [3.8, 4) is 0 Å². The Labute approximate surface area is 195 Å². The lowest BCUT2D eigenvalue weighted by Crippen LogP contribution is -2.40. The smallest absolute Gasteiger partial charge is 0.376 e. The second-order valence-corrected chi connectivity index (χ2v) is 7.54. The number of hydrogen-bond donors (Lipinski definition) is 1. The summed E-state index contributed by atoms with van der Waals surface area (Å²) in [4.78, 5) is 8.12. The molecule has 1 aromatic rings. The van der Waals surface area contributed by atoms with Crippen LogP contribution in [0.3, 0.4) is 0 Å². The third kappa shape index (κ3) is 10.8. The molecule has 1 heterocycles. The van der Waals surface area contributed by atoms with E-state index in [9.17, 15) is 13.2 Å². The van der Waals surface area contributed by atoms with E-state index in [0.717, 1.165) is 32.0 Å². The summed E-state index contributed by atoms with van der Waals surface area (Å²) < 4.78 is 43.0. The fourth-order valence-electron chi connectivity index (χ4n) is 3.42. The second-order valence-electron chi connectivity index (χ2n) is 7.54. The third-order valence-electron chi connectivity index (χ3n) is 4.79. The van der Waals surface area contributed by atoms with E-state index >= 15 is 0 Å². The molecule has 1 unspecified atom stereocenters. The second kappa shape index (κ2) is 14.1. The molecule has 1 fully saturated rings. The van der Waals surface area contributed by atoms with Crippen molar-refractivity contribution in [2.24, 2.45) is 10.9 Å². The first-order valence-corrected chi connectivity index (χ1v) is 10.3. The minimum Gasteiger partial charge on any atom is -0.376 e. The van der Waals surface area contributed by atoms with E-state index in [0.29, 0.717) is 38.6 Å². The molecule has 0 spiro atoms. The number of nitrogens with zero attached hydrogens (tertiary/aromatic N) is 3. The molecule has 0 radical (unpaired) electrons. The first kappa shape index (κ1) is 27.0. The van der Waals surface area contributed by atoms with Gasteiger partial charge < -0.3 is 15.0 Å². The Morgan fingerprint density at radius 3 is 2.70 bits per heavy atom. The molecule has 1 aromatic carbocycles. The maximum atomic E-state index is 12.4. The highest BCUT2D eigenvalue weighted by molar-refractivity contribution is 14.0. The van der Waals surface area contributed by atoms with Crippen molar-refractivity contribution in [2.75, 3.05) is 52.9 Å². The predicted molar refractivity (Wildman–Crippen MR) is 125 cm³/mol. The van der Waals surface area contributed by atoms with Gasteiger partial charge in [0.2, 0.25) is 0 Å². The lowest BCUT2D eigenvalue weighted by Gasteiger charge is -2.22. The zero-order valence-corrected chi connectivity index (χ0v) is 20.2. The molecule has 1 saturated heterocycles. The number of halogens is 4. The number of nitrogens with one attached hydrogen (secondary N) is 1. The number of benzene rings is 1. The standard InChI is InChI=1S/C21H33F3N4O.HI/c1-3-25-20(26-11-7-12-27(2)17-21(22,23)24)28-13-10-19(14-28)16-29-15-18-8-5-4-6-9-18;/h4-6,8-9,19H,3,7,10-17H2,1-2H3,(H,25,26);1H. The quantitative estimate of drug-likeness (QED) is 0.210. The summed E-state index contributed by atoms with van der Waals surface area (Å²) >= 11 is 0. The van der Waals surface area contributed by atoms with Gasteiger partial charge in [0.15, 0.2) is 5.96 Å². The van der Waals surface area contributed by atoms with Gasteiger partial charge >= 0.3 is 6.18 Å². The highest BCUT2D eigenvalue weighted by atomic mass is 127. The van der Waals surface area contributed by atoms with Crippen molar-refractivity contribution in [3.05, 3.63) is 35.9 Å². The van der Waals surface area contributed by atoms with Crippen molar-refractivity contribution in [1.82, 2.24) is 15.1 Å². The van der Waals surface area contributed by atoms with Gasteiger partial charge in [-0.2, -0.15) is 13.2 Å². The predicted octanol–water partition coefficient (Wildman–Crippen LogP) is 3.99. The van der Waals surface area contributed by atoms with Crippen molar-refractivity contribution >= 4 is 29.9 Å². The van der Waals surface area contributed by atoms with E-state index in [-0.39, 0.29) is 24.0 Å². The van der Waals surface area contributed by atoms with Crippen LogP contribution in [-0.2, 0) is 11.3 Å². The summed E-state index contributed by atoms with van der Waals surface area (Å²) in [6.45, 7) is 5.92. The first-order valence-electron chi connectivity index (χ1n) is 10.3. The maximum Gasteiger partial charge on any atom is 0.401 e. The van der Waals surface area contributed by atoms with Gasteiger partial charge in [0.1, 0.15) is 0 Å². The van der Waals surface area contributed by atoms with Crippen molar-refractivity contribution in [3.63, 3.8) is 0 Å². The Hall–Kier alpha value is -1.07. The topological polar surface area (TPSA) is 40.1 Å². The molecule has 9 heteroatoms. The Bertz CT molecular complexity index is 616. The van der Waals surface area contributed by atoms with E-state index in [1.165, 1.54) is 17.5 Å². The monoisotopic (exact) mass is 542 g/mol. The molecule has 0 amide bonds. The van der Waals surface area contributed by atoms with Crippen LogP contribution in [0.4, 0.5) is 13.2 Å². The van der Waals surface area contributed by atoms with E-state index in [2.05, 4.69) is 27.3 Å². The zero-order valence-electron chi connectivity index (χ0n) is 17.8. The summed E-state index contributed by atoms with van der Waals surface area (Å²) in [5.74, 6) is 1.30. The van der Waals surface area contributed by atoms with E-state index < -0.39 is 12.7 Å². The molecule has 1 aliphatic heterocycles. The van der Waals surface area contributed by atoms with Crippen LogP contribution < -0.4 is 5.32 Å². The lowest BCUT2D eigenvalue weighted by atomic mass is 10.1. The summed E-state index contributed by atoms with van der Waals surface area (Å²) in [5.41, 5.74) is 1.17. The van der Waals surface area contributed by atoms with Crippen molar-refractivity contribution < 1.29 is 17.9 Å². The molecule has 5 nitrogen and oxygen atoms in total. The molecule has 0 saturated carbocycles. The van der Waals surface area contributed by atoms with Gasteiger partial charge in [-0.05, 0) is 38.9 Å². The Kier molecular flexibility index (Phi) is 12.7. The lowest BCUT2D eigenvalue weighted by molar-refractivity contribution is -0.143. The number of aliphatic imine (C=N–C) groups is 1. The van der Waals surface area contributed by atoms with Crippen LogP contribution in [0.25, 0.3) is 0 Å². The van der Waals surface area contributed by atoms with Gasteiger partial charge in [-0.1, -0.05) is 30.3 Å². The number of likely N-dealkylation sites (tertiary alicyclic amines) is 1. The molecule has 1 N–H and O–H groups in total. The molecular weight excluding hydrogens is 508 g/mol. The highest BCUT2D eigenvalue weighted by Gasteiger charge is 2.29. The molecule has 1 atom stereocenters. The normalized spacial score (nSPS) is 17.3. The van der Waals surface area contributed by atoms with Crippen molar-refractivity contribution in [2.45, 2.75) is 32.5 Å². The molecule has 0 aliphatic carbocycles. The SMILES string of the molecule is CCNC(=NCCCN(C)CC(F)(F)F)N1CCC(COCc2ccccc2)C1.I. The minimum atomic E-state index is -4.15. The largest absolute Gasteiger partial charge is 0.401 e. The fraction of sp³-hybridized carbons (Fsp3) is 0.667. The molecule has 1 aliphatic rings. The van der Waals surface area contributed by atoms with Crippen molar-refractivity contribution in [1.29, 1.82) is 0 Å². The summed E-state index contributed by atoms with van der Waals surface area (Å²) in [5, 5.41) is 3.29. The summed E-state index contributed by atoms with van der Waals surface area (Å²) in [6.07, 6.45) is -2.51. The van der Waals surface area contributed by atoms with Gasteiger partial charge in [-0.15, -0.1) is 24.0 Å². The first-order chi connectivity index (χ1) is 13.9. The summed E-state index contributed by atoms with van der Waals surface area (Å²) in [7, 11) is 1.49. The molecule has 172 valence electrons. The average Bonchev–Trinajstić information content (AvgIpc) is 3.12. The zero-order chi connectivity index (χ0) is 21.1. The minimum absolute atomic E-state index is 0. The Morgan fingerprint density at radius 2 is 2.03 bits per heavy atom. The Morgan fingerprint density at radius 1 is 1.30 bits per heavy atom. The van der Waals surface area contributed by atoms with Gasteiger partial charge in [-0.3, -0.25) is 9.89 Å². The average molecular weight is 542 g/mol. The van der Waals surface area contributed by atoms with E-state index in [1.54, 1.807) is 0 Å². The van der Waals surface area contributed by atoms with E-state index in [1.807, 2.05) is 25.1 Å². The molecule has 30 heavy (non-hydrogen) atoms. The number of rotatable bonds is 10. The summed E-state index contributed by atoms with van der Waals surface area (Å²) in [6, 6.07) is 10.1. The van der Waals surface area contributed by atoms with Gasteiger partial charge in [-0.25, -0.2) is 0 Å². The number of ether oxygens (including phenoxy) is 1. The van der Waals surface area contributed by atoms with Crippen LogP contribution in [0.1, 0.15) is 25.3 Å². The fourth-order valence-corrected chi connectivity index (χ4v) is 3.42. The molecule has 0 aromatic heterocycles. The van der Waals surface area contributed by atoms with E-state index in [4.69, 9.17) is 4.74 Å². The van der Waals surface area contributed by atoms with Gasteiger partial charge in [0.05, 0.1) is 19.8 Å². The van der Waals surface area contributed by atoms with Gasteiger partial charge in [0.25, 0.3) is 0 Å². The third-order valence-corrected chi connectivity index (χ3v) is 4.79. The van der Waals surface area contributed by atoms with Crippen LogP contribution in [-0.4, -0.2) is 74.9 Å². The molecule has 0 bridgehead atoms. The highest BCUT2D eigenvalue weighted by Crippen LogP contribution is 2.18. The van der Waals surface area contributed by atoms with Crippen LogP contribution >= 0.6 is 24.0 Å². The Balaban J connectivity index is 0.00000450. The number of hydrogen-bond acceptors (Lipinski definition) is 3. The molecule has 2 rings (SSSR count). The maximum absolute atomic E-state index is 12.4. The molecular formula is C21H34F3IN4O. The van der Waals surface area contributed by atoms with Crippen LogP contribution in [0.5, 0.6) is 0 Å².